The molecule has 0 saturated carbocycles. The van der Waals surface area contributed by atoms with Gasteiger partial charge in [-0.15, -0.1) is 0 Å². The van der Waals surface area contributed by atoms with E-state index in [-0.39, 0.29) is 0 Å². The van der Waals surface area contributed by atoms with Crippen molar-refractivity contribution in [1.82, 2.24) is 0 Å². The van der Waals surface area contributed by atoms with Crippen LogP contribution in [0.15, 0.2) is 69.6 Å². The molecule has 0 unspecified atom stereocenters. The number of hydrogen-bond donors (Lipinski definition) is 0. The minimum atomic E-state index is -3.48. The van der Waals surface area contributed by atoms with Crippen LogP contribution < -0.4 is 0 Å². The number of benzene rings is 1. The summed E-state index contributed by atoms with van der Waals surface area (Å²) in [5.74, 6) is 0. The maximum Gasteiger partial charge on any atom is 0.207 e. The van der Waals surface area contributed by atoms with Crippen molar-refractivity contribution in [3.05, 3.63) is 71.2 Å². The summed E-state index contributed by atoms with van der Waals surface area (Å²) in [6, 6.07) is 8.68. The Kier molecular flexibility index (Phi) is 5.37. The van der Waals surface area contributed by atoms with Gasteiger partial charge in [-0.1, -0.05) is 56.2 Å². The average molecular weight is 346 g/mol. The van der Waals surface area contributed by atoms with Crippen LogP contribution in [0, 0.1) is 6.42 Å². The third-order valence-electron chi connectivity index (χ3n) is 3.78. The highest BCUT2D eigenvalue weighted by Gasteiger charge is 2.30. The Bertz CT molecular complexity index is 735. The van der Waals surface area contributed by atoms with Gasteiger partial charge in [-0.25, -0.2) is 8.42 Å². The van der Waals surface area contributed by atoms with E-state index < -0.39 is 17.9 Å². The molecule has 1 aliphatic rings. The van der Waals surface area contributed by atoms with Gasteiger partial charge in [0.2, 0.25) is 9.84 Å². The Hall–Kier alpha value is -1.52. The van der Waals surface area contributed by atoms with Crippen molar-refractivity contribution in [3.63, 3.8) is 0 Å². The second-order valence-electron chi connectivity index (χ2n) is 6.92. The van der Waals surface area contributed by atoms with Crippen molar-refractivity contribution in [3.8, 4) is 0 Å². The van der Waals surface area contributed by atoms with E-state index in [0.717, 1.165) is 24.0 Å². The van der Waals surface area contributed by atoms with Gasteiger partial charge in [0.1, 0.15) is 11.3 Å². The second-order valence-corrected chi connectivity index (χ2v) is 13.9. The summed E-state index contributed by atoms with van der Waals surface area (Å²) >= 11 is 0. The van der Waals surface area contributed by atoms with Gasteiger partial charge in [-0.3, -0.25) is 0 Å². The molecule has 0 spiro atoms. The predicted molar refractivity (Wildman–Crippen MR) is 100 cm³/mol. The zero-order valence-corrected chi connectivity index (χ0v) is 16.0. The van der Waals surface area contributed by atoms with E-state index in [1.54, 1.807) is 30.3 Å². The zero-order valence-electron chi connectivity index (χ0n) is 14.2. The summed E-state index contributed by atoms with van der Waals surface area (Å²) in [5, 5.41) is 0. The van der Waals surface area contributed by atoms with Crippen LogP contribution in [0.4, 0.5) is 0 Å². The van der Waals surface area contributed by atoms with Crippen LogP contribution in [-0.2, 0) is 9.84 Å². The molecular formula is C19H25O2SSi+. The molecule has 2 nitrogen and oxygen atoms in total. The van der Waals surface area contributed by atoms with Crippen LogP contribution in [0.5, 0.6) is 0 Å². The molecule has 23 heavy (non-hydrogen) atoms. The summed E-state index contributed by atoms with van der Waals surface area (Å²) in [7, 11) is -4.93. The number of hydrogen-bond acceptors (Lipinski definition) is 2. The lowest BCUT2D eigenvalue weighted by Crippen LogP contribution is -2.17. The van der Waals surface area contributed by atoms with Gasteiger partial charge < -0.3 is 0 Å². The summed E-state index contributed by atoms with van der Waals surface area (Å²) < 4.78 is 26.2. The summed E-state index contributed by atoms with van der Waals surface area (Å²) in [6.07, 6.45) is 6.06. The molecule has 0 heterocycles. The van der Waals surface area contributed by atoms with E-state index in [0.29, 0.717) is 16.2 Å². The monoisotopic (exact) mass is 345 g/mol. The van der Waals surface area contributed by atoms with Crippen molar-refractivity contribution in [2.75, 3.05) is 0 Å². The fraction of sp³-hybridized carbons (Fsp3) is 0.316. The smallest absolute Gasteiger partial charge is 0.207 e. The molecule has 0 aromatic heterocycles. The molecule has 0 fully saturated rings. The highest BCUT2D eigenvalue weighted by molar-refractivity contribution is 7.95. The van der Waals surface area contributed by atoms with E-state index in [2.05, 4.69) is 38.3 Å². The van der Waals surface area contributed by atoms with E-state index in [9.17, 15) is 8.42 Å². The van der Waals surface area contributed by atoms with Crippen LogP contribution in [0.3, 0.4) is 0 Å². The lowest BCUT2D eigenvalue weighted by atomic mass is 10.1. The number of rotatable bonds is 4. The number of allylic oxidation sites excluding steroid dienone is 4. The Balaban J connectivity index is 2.65. The van der Waals surface area contributed by atoms with Crippen molar-refractivity contribution in [2.24, 2.45) is 0 Å². The highest BCUT2D eigenvalue weighted by Crippen LogP contribution is 2.35. The van der Waals surface area contributed by atoms with Crippen LogP contribution in [0.25, 0.3) is 0 Å². The first-order valence-electron chi connectivity index (χ1n) is 7.95. The molecule has 0 radical (unpaired) electrons. The summed E-state index contributed by atoms with van der Waals surface area (Å²) in [5.41, 5.74) is 4.26. The molecule has 2 rings (SSSR count). The molecule has 0 saturated heterocycles. The molecule has 0 amide bonds. The van der Waals surface area contributed by atoms with Gasteiger partial charge in [0, 0.05) is 6.42 Å². The predicted octanol–water partition coefficient (Wildman–Crippen LogP) is 5.09. The first-order valence-corrected chi connectivity index (χ1v) is 13.0. The van der Waals surface area contributed by atoms with Crippen LogP contribution >= 0.6 is 0 Å². The molecular weight excluding hydrogens is 320 g/mol. The largest absolute Gasteiger partial charge is 0.219 e. The Morgan fingerprint density at radius 1 is 1.17 bits per heavy atom. The van der Waals surface area contributed by atoms with Crippen LogP contribution in [0.2, 0.25) is 19.6 Å². The maximum atomic E-state index is 13.1. The van der Waals surface area contributed by atoms with Gasteiger partial charge in [-0.05, 0) is 23.3 Å². The lowest BCUT2D eigenvalue weighted by Gasteiger charge is -2.16. The standard InChI is InChI=1S/C19H25O2SSi/c1-5-18-16(15-23(2,3)4)11-9-10-14-19(18)22(20,21)17-12-7-6-8-13-17/h5-8,10,12-13,15H,1,9,11,14H2,2-4H3/q+1/b16-15+. The third kappa shape index (κ3) is 4.27. The zero-order chi connectivity index (χ0) is 17.1. The summed E-state index contributed by atoms with van der Waals surface area (Å²) in [4.78, 5) is 0.845. The first kappa shape index (κ1) is 17.8. The van der Waals surface area contributed by atoms with Gasteiger partial charge in [0.25, 0.3) is 0 Å². The normalized spacial score (nSPS) is 18.5. The summed E-state index contributed by atoms with van der Waals surface area (Å²) in [6.45, 7) is 10.7. The molecule has 0 aliphatic heterocycles. The van der Waals surface area contributed by atoms with E-state index in [4.69, 9.17) is 0 Å². The fourth-order valence-corrected chi connectivity index (χ4v) is 5.81. The van der Waals surface area contributed by atoms with Crippen molar-refractivity contribution in [1.29, 1.82) is 0 Å². The molecule has 0 atom stereocenters. The Morgan fingerprint density at radius 3 is 2.39 bits per heavy atom. The molecule has 1 aromatic rings. The SMILES string of the molecule is C=CC1=C(S(=O)(=O)c2ccccc2)C[CH+]CC/C1=C\[Si](C)(C)C. The molecule has 122 valence electrons. The van der Waals surface area contributed by atoms with E-state index in [1.807, 2.05) is 6.07 Å². The van der Waals surface area contributed by atoms with Crippen LogP contribution in [0.1, 0.15) is 19.3 Å². The van der Waals surface area contributed by atoms with Gasteiger partial charge in [-0.2, -0.15) is 0 Å². The van der Waals surface area contributed by atoms with Gasteiger partial charge in [0.15, 0.2) is 0 Å². The molecule has 0 N–H and O–H groups in total. The second kappa shape index (κ2) is 6.93. The van der Waals surface area contributed by atoms with Crippen molar-refractivity contribution < 1.29 is 8.42 Å². The molecule has 0 bridgehead atoms. The highest BCUT2D eigenvalue weighted by atomic mass is 32.2. The third-order valence-corrected chi connectivity index (χ3v) is 6.93. The minimum Gasteiger partial charge on any atom is -0.219 e. The van der Waals surface area contributed by atoms with Crippen molar-refractivity contribution in [2.45, 2.75) is 43.8 Å². The molecule has 1 aliphatic carbocycles. The first-order chi connectivity index (χ1) is 10.8. The maximum absolute atomic E-state index is 13.1. The fourth-order valence-electron chi connectivity index (χ4n) is 2.83. The van der Waals surface area contributed by atoms with Crippen LogP contribution in [-0.4, -0.2) is 16.5 Å². The molecule has 1 aromatic carbocycles. The van der Waals surface area contributed by atoms with Gasteiger partial charge >= 0.3 is 0 Å². The quantitative estimate of drug-likeness (QED) is 0.562. The Morgan fingerprint density at radius 2 is 1.83 bits per heavy atom. The van der Waals surface area contributed by atoms with E-state index in [1.165, 1.54) is 0 Å². The lowest BCUT2D eigenvalue weighted by molar-refractivity contribution is 0.600. The van der Waals surface area contributed by atoms with Crippen molar-refractivity contribution >= 4 is 17.9 Å². The van der Waals surface area contributed by atoms with E-state index >= 15 is 0 Å². The molecule has 4 heteroatoms. The average Bonchev–Trinajstić information content (AvgIpc) is 2.68. The topological polar surface area (TPSA) is 34.1 Å². The Labute approximate surface area is 141 Å². The number of sulfone groups is 1. The van der Waals surface area contributed by atoms with Gasteiger partial charge in [0.05, 0.1) is 25.8 Å². The minimum absolute atomic E-state index is 0.358.